The molecule has 8 nitrogen and oxygen atoms in total. The summed E-state index contributed by atoms with van der Waals surface area (Å²) in [5.41, 5.74) is 0. The molecule has 1 amide bonds. The molecular formula is C10H20NO7P. The Hall–Kier alpha value is -0.500. The van der Waals surface area contributed by atoms with E-state index < -0.39 is 49.5 Å². The summed E-state index contributed by atoms with van der Waals surface area (Å²) in [5, 5.41) is 41.4. The molecule has 19 heavy (non-hydrogen) atoms. The smallest absolute Gasteiger partial charge is 0.217 e. The predicted octanol–water partition coefficient (Wildman–Crippen LogP) is -2.13. The molecule has 0 saturated carbocycles. The molecule has 0 spiro atoms. The van der Waals surface area contributed by atoms with Crippen LogP contribution in [0.25, 0.3) is 0 Å². The maximum atomic E-state index is 11.8. The fourth-order valence-electron chi connectivity index (χ4n) is 1.89. The molecule has 112 valence electrons. The Morgan fingerprint density at radius 3 is 2.21 bits per heavy atom. The fourth-order valence-corrected chi connectivity index (χ4v) is 2.85. The molecule has 1 heterocycles. The van der Waals surface area contributed by atoms with Crippen molar-refractivity contribution in [2.24, 2.45) is 0 Å². The van der Waals surface area contributed by atoms with Crippen molar-refractivity contribution in [1.82, 2.24) is 5.32 Å². The van der Waals surface area contributed by atoms with Crippen LogP contribution in [0.1, 0.15) is 6.92 Å². The van der Waals surface area contributed by atoms with Gasteiger partial charge >= 0.3 is 0 Å². The van der Waals surface area contributed by atoms with Crippen molar-refractivity contribution in [3.05, 3.63) is 0 Å². The Morgan fingerprint density at radius 1 is 1.26 bits per heavy atom. The first-order valence-electron chi connectivity index (χ1n) is 5.75. The lowest BCUT2D eigenvalue weighted by Crippen LogP contribution is -2.65. The summed E-state index contributed by atoms with van der Waals surface area (Å²) in [6.45, 7) is 3.78. The Labute approximate surface area is 110 Å². The highest BCUT2D eigenvalue weighted by Crippen LogP contribution is 2.45. The minimum Gasteiger partial charge on any atom is -0.388 e. The van der Waals surface area contributed by atoms with Crippen molar-refractivity contribution >= 4 is 13.0 Å². The van der Waals surface area contributed by atoms with E-state index in [1.54, 1.807) is 0 Å². The normalized spacial score (nSPS) is 37.7. The summed E-state index contributed by atoms with van der Waals surface area (Å²) in [7, 11) is -3.00. The van der Waals surface area contributed by atoms with Crippen LogP contribution in [-0.4, -0.2) is 76.2 Å². The highest BCUT2D eigenvalue weighted by molar-refractivity contribution is 7.62. The zero-order valence-electron chi connectivity index (χ0n) is 10.9. The lowest BCUT2D eigenvalue weighted by molar-refractivity contribution is -0.258. The van der Waals surface area contributed by atoms with Gasteiger partial charge in [-0.05, 0) is 13.3 Å². The SMILES string of the molecule is CC(=O)N[C@@H]1[C@@H](O)[C@H](O)[C@@H](C(O)P(C)(C)=O)O[C@@H]1O. The van der Waals surface area contributed by atoms with E-state index in [0.29, 0.717) is 0 Å². The number of aliphatic hydroxyl groups excluding tert-OH is 4. The van der Waals surface area contributed by atoms with Crippen molar-refractivity contribution in [2.45, 2.75) is 43.4 Å². The van der Waals surface area contributed by atoms with E-state index in [-0.39, 0.29) is 0 Å². The minimum atomic E-state index is -3.00. The number of carbonyl (C=O) groups is 1. The van der Waals surface area contributed by atoms with Gasteiger partial charge in [0.15, 0.2) is 6.29 Å². The number of ether oxygens (including phenoxy) is 1. The van der Waals surface area contributed by atoms with Crippen molar-refractivity contribution < 1.29 is 34.5 Å². The predicted molar refractivity (Wildman–Crippen MR) is 66.0 cm³/mol. The molecule has 1 aliphatic heterocycles. The molecule has 6 atom stereocenters. The van der Waals surface area contributed by atoms with Crippen LogP contribution in [0.4, 0.5) is 0 Å². The van der Waals surface area contributed by atoms with Crippen LogP contribution < -0.4 is 5.32 Å². The zero-order valence-corrected chi connectivity index (χ0v) is 11.8. The van der Waals surface area contributed by atoms with Gasteiger partial charge in [0.25, 0.3) is 0 Å². The largest absolute Gasteiger partial charge is 0.388 e. The van der Waals surface area contributed by atoms with Crippen molar-refractivity contribution in [3.8, 4) is 0 Å². The molecule has 1 saturated heterocycles. The van der Waals surface area contributed by atoms with Crippen LogP contribution in [0, 0.1) is 0 Å². The molecule has 0 bridgehead atoms. The van der Waals surface area contributed by atoms with E-state index in [4.69, 9.17) is 4.74 Å². The molecule has 0 aromatic rings. The van der Waals surface area contributed by atoms with E-state index in [1.807, 2.05) is 0 Å². The van der Waals surface area contributed by atoms with Gasteiger partial charge in [-0.1, -0.05) is 0 Å². The first-order valence-corrected chi connectivity index (χ1v) is 8.42. The molecule has 5 N–H and O–H groups in total. The van der Waals surface area contributed by atoms with Gasteiger partial charge in [0.1, 0.15) is 37.3 Å². The molecular weight excluding hydrogens is 277 g/mol. The number of rotatable bonds is 3. The molecule has 1 aliphatic rings. The second-order valence-corrected chi connectivity index (χ2v) is 8.44. The van der Waals surface area contributed by atoms with Crippen LogP contribution in [-0.2, 0) is 14.1 Å². The van der Waals surface area contributed by atoms with Gasteiger partial charge in [-0.15, -0.1) is 0 Å². The summed E-state index contributed by atoms with van der Waals surface area (Å²) in [6.07, 6.45) is -6.13. The lowest BCUT2D eigenvalue weighted by atomic mass is 9.97. The zero-order chi connectivity index (χ0) is 15.0. The topological polar surface area (TPSA) is 136 Å². The standard InChI is InChI=1S/C10H20NO7P/c1-4(12)11-5-6(13)7(14)8(18-9(5)15)10(16)19(2,3)17/h5-10,13-16H,1-3H3,(H,11,12)/t5-,6-,7+,8+,9+,10?/m1/s1. The number of hydrogen-bond donors (Lipinski definition) is 5. The van der Waals surface area contributed by atoms with E-state index >= 15 is 0 Å². The monoisotopic (exact) mass is 297 g/mol. The van der Waals surface area contributed by atoms with Crippen LogP contribution >= 0.6 is 7.14 Å². The first-order chi connectivity index (χ1) is 8.55. The highest BCUT2D eigenvalue weighted by atomic mass is 31.2. The molecule has 9 heteroatoms. The second kappa shape index (κ2) is 5.87. The van der Waals surface area contributed by atoms with Crippen LogP contribution in [0.5, 0.6) is 0 Å². The molecule has 1 unspecified atom stereocenters. The third-order valence-electron chi connectivity index (χ3n) is 2.96. The van der Waals surface area contributed by atoms with Gasteiger partial charge in [0.2, 0.25) is 5.91 Å². The van der Waals surface area contributed by atoms with E-state index in [2.05, 4.69) is 5.32 Å². The van der Waals surface area contributed by atoms with Gasteiger partial charge in [0, 0.05) is 6.92 Å². The van der Waals surface area contributed by atoms with Crippen molar-refractivity contribution in [3.63, 3.8) is 0 Å². The summed E-state index contributed by atoms with van der Waals surface area (Å²) in [5.74, 6) is -2.04. The number of hydrogen-bond acceptors (Lipinski definition) is 7. The maximum absolute atomic E-state index is 11.8. The van der Waals surface area contributed by atoms with E-state index in [1.165, 1.54) is 20.3 Å². The van der Waals surface area contributed by atoms with Gasteiger partial charge in [0.05, 0.1) is 0 Å². The quantitative estimate of drug-likeness (QED) is 0.375. The summed E-state index contributed by atoms with van der Waals surface area (Å²) >= 11 is 0. The van der Waals surface area contributed by atoms with E-state index in [9.17, 15) is 29.8 Å². The Kier molecular flexibility index (Phi) is 5.11. The van der Waals surface area contributed by atoms with E-state index in [0.717, 1.165) is 0 Å². The highest BCUT2D eigenvalue weighted by Gasteiger charge is 2.49. The lowest BCUT2D eigenvalue weighted by Gasteiger charge is -2.42. The third-order valence-corrected chi connectivity index (χ3v) is 4.53. The summed E-state index contributed by atoms with van der Waals surface area (Å²) in [4.78, 5) is 10.9. The van der Waals surface area contributed by atoms with Crippen LogP contribution in [0.15, 0.2) is 0 Å². The van der Waals surface area contributed by atoms with Crippen LogP contribution in [0.2, 0.25) is 0 Å². The summed E-state index contributed by atoms with van der Waals surface area (Å²) in [6, 6.07) is -1.22. The van der Waals surface area contributed by atoms with Crippen molar-refractivity contribution in [2.75, 3.05) is 13.3 Å². The molecule has 1 fully saturated rings. The summed E-state index contributed by atoms with van der Waals surface area (Å²) < 4.78 is 16.7. The Morgan fingerprint density at radius 2 is 1.79 bits per heavy atom. The maximum Gasteiger partial charge on any atom is 0.217 e. The average molecular weight is 297 g/mol. The Bertz CT molecular complexity index is 384. The van der Waals surface area contributed by atoms with Crippen molar-refractivity contribution in [1.29, 1.82) is 0 Å². The Balaban J connectivity index is 2.88. The third kappa shape index (κ3) is 3.75. The molecule has 1 rings (SSSR count). The van der Waals surface area contributed by atoms with Gasteiger partial charge in [-0.3, -0.25) is 4.79 Å². The van der Waals surface area contributed by atoms with Crippen LogP contribution in [0.3, 0.4) is 0 Å². The number of amides is 1. The van der Waals surface area contributed by atoms with Gasteiger partial charge < -0.3 is 35.0 Å². The average Bonchev–Trinajstić information content (AvgIpc) is 2.27. The van der Waals surface area contributed by atoms with Gasteiger partial charge in [-0.2, -0.15) is 0 Å². The second-order valence-electron chi connectivity index (χ2n) is 5.05. The van der Waals surface area contributed by atoms with Gasteiger partial charge in [-0.25, -0.2) is 0 Å². The molecule has 0 radical (unpaired) electrons. The molecule has 0 aliphatic carbocycles. The fraction of sp³-hybridized carbons (Fsp3) is 0.900. The molecule has 0 aromatic heterocycles. The first kappa shape index (κ1) is 16.6. The number of aliphatic hydroxyl groups is 4. The molecule has 0 aromatic carbocycles. The number of carbonyl (C=O) groups excluding carboxylic acids is 1. The number of nitrogens with one attached hydrogen (secondary N) is 1. The minimum absolute atomic E-state index is 0.519.